The summed E-state index contributed by atoms with van der Waals surface area (Å²) in [5, 5.41) is 10.3. The molecule has 0 saturated heterocycles. The molecule has 0 aliphatic carbocycles. The molecule has 0 aliphatic heterocycles. The van der Waals surface area contributed by atoms with Crippen molar-refractivity contribution >= 4 is 0 Å². The molecule has 0 amide bonds. The van der Waals surface area contributed by atoms with Gasteiger partial charge in [-0.1, -0.05) is 128 Å². The van der Waals surface area contributed by atoms with Crippen LogP contribution in [0.1, 0.15) is 134 Å². The average Bonchev–Trinajstić information content (AvgIpc) is 2.68. The van der Waals surface area contributed by atoms with Crippen LogP contribution in [0.4, 0.5) is 0 Å². The van der Waals surface area contributed by atoms with E-state index in [2.05, 4.69) is 26.0 Å². The zero-order valence-electron chi connectivity index (χ0n) is 18.4. The van der Waals surface area contributed by atoms with Gasteiger partial charge in [0.25, 0.3) is 0 Å². The number of rotatable bonds is 18. The summed E-state index contributed by atoms with van der Waals surface area (Å²) >= 11 is 0. The Morgan fingerprint density at radius 3 is 1.44 bits per heavy atom. The molecule has 0 spiro atoms. The first-order valence-electron chi connectivity index (χ1n) is 12.1. The molecule has 1 aromatic carbocycles. The predicted octanol–water partition coefficient (Wildman–Crippen LogP) is 9.15. The molecule has 156 valence electrons. The van der Waals surface area contributed by atoms with Gasteiger partial charge in [-0.15, -0.1) is 0 Å². The predicted molar refractivity (Wildman–Crippen MR) is 121 cm³/mol. The van der Waals surface area contributed by atoms with E-state index in [1.54, 1.807) is 0 Å². The Balaban J connectivity index is 2.27. The van der Waals surface area contributed by atoms with Crippen LogP contribution >= 0.6 is 0 Å². The van der Waals surface area contributed by atoms with Crippen LogP contribution in [0, 0.1) is 0 Å². The van der Waals surface area contributed by atoms with Crippen LogP contribution in [0.2, 0.25) is 0 Å². The van der Waals surface area contributed by atoms with Crippen LogP contribution in [-0.4, -0.2) is 5.11 Å². The van der Waals surface area contributed by atoms with Gasteiger partial charge in [0.05, 0.1) is 0 Å². The van der Waals surface area contributed by atoms with Crippen molar-refractivity contribution in [2.45, 2.75) is 129 Å². The van der Waals surface area contributed by atoms with Gasteiger partial charge >= 0.3 is 0 Å². The number of aromatic hydroxyl groups is 1. The maximum Gasteiger partial charge on any atom is 0.119 e. The summed E-state index contributed by atoms with van der Waals surface area (Å²) in [6.07, 6.45) is 23.0. The van der Waals surface area contributed by atoms with Gasteiger partial charge in [-0.3, -0.25) is 0 Å². The summed E-state index contributed by atoms with van der Waals surface area (Å²) in [5.74, 6) is 1.05. The molecule has 1 aromatic rings. The van der Waals surface area contributed by atoms with Crippen molar-refractivity contribution in [2.75, 3.05) is 0 Å². The number of para-hydroxylation sites is 1. The highest BCUT2D eigenvalue weighted by Gasteiger charge is 2.14. The monoisotopic (exact) mass is 374 g/mol. The molecule has 0 aromatic heterocycles. The number of hydrogen-bond donors (Lipinski definition) is 1. The lowest BCUT2D eigenvalue weighted by Gasteiger charge is -2.18. The summed E-state index contributed by atoms with van der Waals surface area (Å²) in [4.78, 5) is 0. The molecular weight excluding hydrogens is 328 g/mol. The van der Waals surface area contributed by atoms with Crippen LogP contribution in [0.25, 0.3) is 0 Å². The normalized spacial score (nSPS) is 12.4. The second-order valence-electron chi connectivity index (χ2n) is 8.43. The first-order chi connectivity index (χ1) is 13.3. The molecule has 0 heterocycles. The van der Waals surface area contributed by atoms with Gasteiger partial charge in [-0.2, -0.15) is 0 Å². The smallest absolute Gasteiger partial charge is 0.119 e. The van der Waals surface area contributed by atoms with E-state index in [-0.39, 0.29) is 0 Å². The van der Waals surface area contributed by atoms with E-state index in [9.17, 15) is 5.11 Å². The summed E-state index contributed by atoms with van der Waals surface area (Å²) in [5.41, 5.74) is 1.19. The minimum absolute atomic E-state index is 0.504. The molecule has 0 fully saturated rings. The van der Waals surface area contributed by atoms with E-state index in [0.29, 0.717) is 11.7 Å². The van der Waals surface area contributed by atoms with E-state index >= 15 is 0 Å². The Labute approximate surface area is 170 Å². The molecule has 0 radical (unpaired) electrons. The third kappa shape index (κ3) is 12.2. The van der Waals surface area contributed by atoms with Gasteiger partial charge in [0.2, 0.25) is 0 Å². The molecule has 0 bridgehead atoms. The molecule has 1 unspecified atom stereocenters. The summed E-state index contributed by atoms with van der Waals surface area (Å²) < 4.78 is 0. The van der Waals surface area contributed by atoms with E-state index in [4.69, 9.17) is 0 Å². The molecule has 1 heteroatoms. The van der Waals surface area contributed by atoms with E-state index in [1.807, 2.05) is 12.1 Å². The standard InChI is InChI=1S/C26H46O/c1-3-5-7-9-11-12-13-15-17-21-24(20-16-14-10-8-6-4-2)25-22-18-19-23-26(25)27/h18-19,22-24,27H,3-17,20-21H2,1-2H3. The minimum atomic E-state index is 0.504. The number of benzene rings is 1. The highest BCUT2D eigenvalue weighted by molar-refractivity contribution is 5.34. The Bertz CT molecular complexity index is 440. The SMILES string of the molecule is CCCCCCCCCCCC(CCCCCCCC)c1ccccc1O. The fourth-order valence-corrected chi connectivity index (χ4v) is 4.16. The molecule has 0 aliphatic rings. The average molecular weight is 375 g/mol. The number of phenols is 1. The quantitative estimate of drug-likeness (QED) is 0.254. The Morgan fingerprint density at radius 1 is 0.593 bits per heavy atom. The fraction of sp³-hybridized carbons (Fsp3) is 0.769. The molecular formula is C26H46O. The van der Waals surface area contributed by atoms with Crippen molar-refractivity contribution < 1.29 is 5.11 Å². The Hall–Kier alpha value is -0.980. The molecule has 1 N–H and O–H groups in total. The Kier molecular flexibility index (Phi) is 15.3. The van der Waals surface area contributed by atoms with Crippen LogP contribution in [-0.2, 0) is 0 Å². The topological polar surface area (TPSA) is 20.2 Å². The van der Waals surface area contributed by atoms with Crippen LogP contribution in [0.5, 0.6) is 5.75 Å². The summed E-state index contributed by atoms with van der Waals surface area (Å²) in [6.45, 7) is 4.56. The zero-order valence-corrected chi connectivity index (χ0v) is 18.4. The molecule has 0 saturated carbocycles. The van der Waals surface area contributed by atoms with Gasteiger partial charge in [0.15, 0.2) is 0 Å². The lowest BCUT2D eigenvalue weighted by molar-refractivity contribution is 0.438. The van der Waals surface area contributed by atoms with E-state index in [1.165, 1.54) is 115 Å². The first kappa shape index (κ1) is 24.1. The van der Waals surface area contributed by atoms with Crippen molar-refractivity contribution in [3.8, 4) is 5.75 Å². The molecule has 1 atom stereocenters. The maximum absolute atomic E-state index is 10.3. The maximum atomic E-state index is 10.3. The lowest BCUT2D eigenvalue weighted by atomic mass is 9.87. The highest BCUT2D eigenvalue weighted by atomic mass is 16.3. The molecule has 1 rings (SSSR count). The van der Waals surface area contributed by atoms with Crippen molar-refractivity contribution in [1.29, 1.82) is 0 Å². The third-order valence-electron chi connectivity index (χ3n) is 5.94. The van der Waals surface area contributed by atoms with E-state index in [0.717, 1.165) is 0 Å². The largest absolute Gasteiger partial charge is 0.508 e. The van der Waals surface area contributed by atoms with Crippen LogP contribution in [0.15, 0.2) is 24.3 Å². The van der Waals surface area contributed by atoms with Crippen LogP contribution in [0.3, 0.4) is 0 Å². The van der Waals surface area contributed by atoms with Crippen molar-refractivity contribution in [1.82, 2.24) is 0 Å². The second kappa shape index (κ2) is 17.1. The number of phenolic OH excluding ortho intramolecular Hbond substituents is 1. The second-order valence-corrected chi connectivity index (χ2v) is 8.43. The van der Waals surface area contributed by atoms with Gasteiger partial charge < -0.3 is 5.11 Å². The third-order valence-corrected chi connectivity index (χ3v) is 5.94. The molecule has 1 nitrogen and oxygen atoms in total. The van der Waals surface area contributed by atoms with Crippen molar-refractivity contribution in [3.05, 3.63) is 29.8 Å². The minimum Gasteiger partial charge on any atom is -0.508 e. The van der Waals surface area contributed by atoms with Gasteiger partial charge in [0.1, 0.15) is 5.75 Å². The lowest BCUT2D eigenvalue weighted by Crippen LogP contribution is -2.00. The van der Waals surface area contributed by atoms with E-state index < -0.39 is 0 Å². The first-order valence-corrected chi connectivity index (χ1v) is 12.1. The van der Waals surface area contributed by atoms with Gasteiger partial charge in [-0.05, 0) is 30.4 Å². The number of unbranched alkanes of at least 4 members (excludes halogenated alkanes) is 13. The molecule has 27 heavy (non-hydrogen) atoms. The summed E-state index contributed by atoms with van der Waals surface area (Å²) in [7, 11) is 0. The Morgan fingerprint density at radius 2 is 1.00 bits per heavy atom. The van der Waals surface area contributed by atoms with Crippen molar-refractivity contribution in [2.24, 2.45) is 0 Å². The van der Waals surface area contributed by atoms with Gasteiger partial charge in [-0.25, -0.2) is 0 Å². The number of hydrogen-bond acceptors (Lipinski definition) is 1. The highest BCUT2D eigenvalue weighted by Crippen LogP contribution is 2.34. The zero-order chi connectivity index (χ0) is 19.6. The summed E-state index contributed by atoms with van der Waals surface area (Å²) in [6, 6.07) is 8.03. The fourth-order valence-electron chi connectivity index (χ4n) is 4.16. The van der Waals surface area contributed by atoms with Crippen LogP contribution < -0.4 is 0 Å². The van der Waals surface area contributed by atoms with Gasteiger partial charge in [0, 0.05) is 0 Å². The van der Waals surface area contributed by atoms with Crippen molar-refractivity contribution in [3.63, 3.8) is 0 Å².